The first-order valence-corrected chi connectivity index (χ1v) is 12.7. The number of nitrogens with zero attached hydrogens (tertiary/aromatic N) is 6. The van der Waals surface area contributed by atoms with Crippen molar-refractivity contribution in [1.29, 1.82) is 0 Å². The summed E-state index contributed by atoms with van der Waals surface area (Å²) in [6.45, 7) is 5.61. The number of carbonyl (C=O) groups is 1. The van der Waals surface area contributed by atoms with Crippen LogP contribution >= 0.6 is 0 Å². The van der Waals surface area contributed by atoms with E-state index in [0.717, 1.165) is 36.4 Å². The van der Waals surface area contributed by atoms with E-state index < -0.39 is 5.92 Å². The molecule has 2 aromatic heterocycles. The summed E-state index contributed by atoms with van der Waals surface area (Å²) in [5, 5.41) is 2.85. The fourth-order valence-electron chi connectivity index (χ4n) is 4.96. The number of halogens is 2. The topological polar surface area (TPSA) is 86.7 Å². The van der Waals surface area contributed by atoms with Crippen LogP contribution in [-0.2, 0) is 0 Å². The first-order chi connectivity index (χ1) is 18.3. The van der Waals surface area contributed by atoms with Gasteiger partial charge < -0.3 is 14.5 Å². The molecule has 0 spiro atoms. The molecule has 11 heteroatoms. The molecule has 1 aromatic carbocycles. The number of nitrogens with one attached hydrogen (secondary N) is 1. The van der Waals surface area contributed by atoms with Gasteiger partial charge in [-0.2, -0.15) is 0 Å². The van der Waals surface area contributed by atoms with E-state index in [0.29, 0.717) is 29.8 Å². The van der Waals surface area contributed by atoms with Crippen LogP contribution in [0.25, 0.3) is 11.3 Å². The number of rotatable bonds is 5. The summed E-state index contributed by atoms with van der Waals surface area (Å²) in [7, 11) is 1.50. The molecule has 200 valence electrons. The van der Waals surface area contributed by atoms with Crippen molar-refractivity contribution in [2.75, 3.05) is 53.3 Å². The number of alkyl halides is 2. The minimum absolute atomic E-state index is 0.144. The molecule has 1 fully saturated rings. The SMILES string of the molecule is CCN1CC[C@@H](C)N(C(=O)Nc2cc(OC)ncn2)c2nc(-c3cccc(N4CCC(F)(F)C4)c3)ccc21. The van der Waals surface area contributed by atoms with E-state index in [1.54, 1.807) is 15.9 Å². The molecule has 0 aliphatic carbocycles. The second kappa shape index (κ2) is 10.4. The number of aromatic nitrogens is 3. The van der Waals surface area contributed by atoms with Crippen LogP contribution in [0.3, 0.4) is 0 Å². The highest BCUT2D eigenvalue weighted by atomic mass is 19.3. The third kappa shape index (κ3) is 5.18. The molecule has 1 N–H and O–H groups in total. The summed E-state index contributed by atoms with van der Waals surface area (Å²) in [5.41, 5.74) is 3.03. The number of carbonyl (C=O) groups excluding carboxylic acids is 1. The number of fused-ring (bicyclic) bond motifs is 1. The molecule has 0 bridgehead atoms. The van der Waals surface area contributed by atoms with Gasteiger partial charge >= 0.3 is 6.03 Å². The Balaban J connectivity index is 1.51. The summed E-state index contributed by atoms with van der Waals surface area (Å²) in [6.07, 6.45) is 1.92. The Bertz CT molecular complexity index is 1320. The lowest BCUT2D eigenvalue weighted by atomic mass is 10.1. The first kappa shape index (κ1) is 25.6. The van der Waals surface area contributed by atoms with Gasteiger partial charge in [0.2, 0.25) is 5.88 Å². The molecule has 0 unspecified atom stereocenters. The minimum atomic E-state index is -2.68. The average Bonchev–Trinajstić information content (AvgIpc) is 3.22. The lowest BCUT2D eigenvalue weighted by molar-refractivity contribution is 0.0257. The third-order valence-corrected chi connectivity index (χ3v) is 7.04. The molecule has 1 atom stereocenters. The lowest BCUT2D eigenvalue weighted by Gasteiger charge is -2.28. The van der Waals surface area contributed by atoms with Crippen molar-refractivity contribution in [2.45, 2.75) is 38.7 Å². The normalized spacial score (nSPS) is 18.7. The third-order valence-electron chi connectivity index (χ3n) is 7.04. The van der Waals surface area contributed by atoms with E-state index in [1.807, 2.05) is 43.3 Å². The van der Waals surface area contributed by atoms with Crippen LogP contribution in [0.4, 0.5) is 36.6 Å². The second-order valence-electron chi connectivity index (χ2n) is 9.58. The fraction of sp³-hybridized carbons (Fsp3) is 0.407. The maximum atomic E-state index is 13.8. The van der Waals surface area contributed by atoms with Gasteiger partial charge in [-0.15, -0.1) is 0 Å². The predicted molar refractivity (Wildman–Crippen MR) is 143 cm³/mol. The van der Waals surface area contributed by atoms with Crippen LogP contribution < -0.4 is 24.8 Å². The molecule has 2 amide bonds. The van der Waals surface area contributed by atoms with Gasteiger partial charge in [0.1, 0.15) is 12.1 Å². The van der Waals surface area contributed by atoms with E-state index in [2.05, 4.69) is 27.1 Å². The van der Waals surface area contributed by atoms with Gasteiger partial charge in [0.05, 0.1) is 25.0 Å². The quantitative estimate of drug-likeness (QED) is 0.501. The average molecular weight is 524 g/mol. The number of hydrogen-bond acceptors (Lipinski definition) is 7. The number of anilines is 4. The molecule has 1 saturated heterocycles. The Kier molecular flexibility index (Phi) is 7.00. The number of urea groups is 1. The van der Waals surface area contributed by atoms with Crippen molar-refractivity contribution in [3.8, 4) is 17.1 Å². The van der Waals surface area contributed by atoms with Crippen LogP contribution in [0.15, 0.2) is 48.8 Å². The largest absolute Gasteiger partial charge is 0.481 e. The molecule has 5 rings (SSSR count). The number of ether oxygens (including phenoxy) is 1. The summed E-state index contributed by atoms with van der Waals surface area (Å²) >= 11 is 0. The van der Waals surface area contributed by atoms with Crippen molar-refractivity contribution in [1.82, 2.24) is 15.0 Å². The van der Waals surface area contributed by atoms with Gasteiger partial charge in [-0.05, 0) is 44.5 Å². The summed E-state index contributed by atoms with van der Waals surface area (Å²) in [4.78, 5) is 32.3. The van der Waals surface area contributed by atoms with Gasteiger partial charge in [0, 0.05) is 49.4 Å². The molecule has 2 aliphatic heterocycles. The number of pyridine rings is 1. The van der Waals surface area contributed by atoms with E-state index in [-0.39, 0.29) is 25.0 Å². The number of methoxy groups -OCH3 is 1. The number of benzene rings is 1. The van der Waals surface area contributed by atoms with Gasteiger partial charge in [-0.1, -0.05) is 12.1 Å². The zero-order valence-corrected chi connectivity index (χ0v) is 21.7. The summed E-state index contributed by atoms with van der Waals surface area (Å²) < 4.78 is 32.8. The van der Waals surface area contributed by atoms with E-state index in [9.17, 15) is 13.6 Å². The van der Waals surface area contributed by atoms with Crippen molar-refractivity contribution in [3.63, 3.8) is 0 Å². The van der Waals surface area contributed by atoms with Crippen molar-refractivity contribution < 1.29 is 18.3 Å². The van der Waals surface area contributed by atoms with Crippen LogP contribution in [0, 0.1) is 0 Å². The fourth-order valence-corrected chi connectivity index (χ4v) is 4.96. The molecule has 4 heterocycles. The number of amides is 2. The van der Waals surface area contributed by atoms with Crippen LogP contribution in [-0.4, -0.2) is 66.2 Å². The molecule has 0 saturated carbocycles. The molecule has 3 aromatic rings. The summed E-state index contributed by atoms with van der Waals surface area (Å²) in [6, 6.07) is 12.4. The van der Waals surface area contributed by atoms with Gasteiger partial charge in [0.15, 0.2) is 5.82 Å². The Hall–Kier alpha value is -4.02. The van der Waals surface area contributed by atoms with Gasteiger partial charge in [0.25, 0.3) is 5.92 Å². The van der Waals surface area contributed by atoms with Crippen LogP contribution in [0.5, 0.6) is 5.88 Å². The zero-order valence-electron chi connectivity index (χ0n) is 21.7. The number of hydrogen-bond donors (Lipinski definition) is 1. The Morgan fingerprint density at radius 2 is 2.03 bits per heavy atom. The highest BCUT2D eigenvalue weighted by Crippen LogP contribution is 2.37. The maximum absolute atomic E-state index is 13.8. The second-order valence-corrected chi connectivity index (χ2v) is 9.58. The molecule has 2 aliphatic rings. The molecular weight excluding hydrogens is 492 g/mol. The van der Waals surface area contributed by atoms with Crippen molar-refractivity contribution >= 4 is 29.0 Å². The Labute approximate surface area is 220 Å². The predicted octanol–water partition coefficient (Wildman–Crippen LogP) is 5.05. The van der Waals surface area contributed by atoms with E-state index in [1.165, 1.54) is 13.4 Å². The van der Waals surface area contributed by atoms with Crippen LogP contribution in [0.2, 0.25) is 0 Å². The van der Waals surface area contributed by atoms with E-state index >= 15 is 0 Å². The molecular formula is C27H31F2N7O2. The highest BCUT2D eigenvalue weighted by molar-refractivity contribution is 6.03. The molecule has 9 nitrogen and oxygen atoms in total. The molecule has 38 heavy (non-hydrogen) atoms. The zero-order chi connectivity index (χ0) is 26.9. The van der Waals surface area contributed by atoms with Crippen molar-refractivity contribution in [3.05, 3.63) is 48.8 Å². The lowest BCUT2D eigenvalue weighted by Crippen LogP contribution is -2.42. The first-order valence-electron chi connectivity index (χ1n) is 12.7. The Morgan fingerprint density at radius 3 is 2.76 bits per heavy atom. The minimum Gasteiger partial charge on any atom is -0.481 e. The standard InChI is InChI=1S/C27H31F2N7O2/c1-4-34-12-10-18(2)36(26(37)33-23-15-24(38-3)31-17-30-23)25-22(34)9-8-21(32-25)19-6-5-7-20(14-19)35-13-11-27(28,29)16-35/h5-9,14-15,17-18H,4,10-13,16H2,1-3H3,(H,30,31,33,37)/t18-/m1/s1. The Morgan fingerprint density at radius 1 is 1.18 bits per heavy atom. The van der Waals surface area contributed by atoms with Gasteiger partial charge in [-0.25, -0.2) is 28.5 Å². The maximum Gasteiger partial charge on any atom is 0.328 e. The van der Waals surface area contributed by atoms with E-state index in [4.69, 9.17) is 9.72 Å². The highest BCUT2D eigenvalue weighted by Gasteiger charge is 2.38. The van der Waals surface area contributed by atoms with Crippen LogP contribution in [0.1, 0.15) is 26.7 Å². The smallest absolute Gasteiger partial charge is 0.328 e. The molecule has 0 radical (unpaired) electrons. The summed E-state index contributed by atoms with van der Waals surface area (Å²) in [5.74, 6) is -1.49. The van der Waals surface area contributed by atoms with Gasteiger partial charge in [-0.3, -0.25) is 10.2 Å². The van der Waals surface area contributed by atoms with Crippen molar-refractivity contribution in [2.24, 2.45) is 0 Å². The monoisotopic (exact) mass is 523 g/mol.